The number of unbranched alkanes of at least 4 members (excludes halogenated alkanes) is 3. The fraction of sp³-hybridized carbons (Fsp3) is 0.684. The maximum atomic E-state index is 2.51. The molecule has 0 saturated carbocycles. The van der Waals surface area contributed by atoms with Gasteiger partial charge < -0.3 is 4.90 Å². The van der Waals surface area contributed by atoms with Crippen LogP contribution in [0.25, 0.3) is 0 Å². The zero-order valence-electron chi connectivity index (χ0n) is 14.4. The molecule has 0 amide bonds. The van der Waals surface area contributed by atoms with E-state index < -0.39 is 0 Å². The predicted octanol–water partition coefficient (Wildman–Crippen LogP) is 6.21. The minimum atomic E-state index is 1.17. The van der Waals surface area contributed by atoms with Gasteiger partial charge in [-0.3, -0.25) is 0 Å². The van der Waals surface area contributed by atoms with E-state index in [-0.39, 0.29) is 0 Å². The summed E-state index contributed by atoms with van der Waals surface area (Å²) in [5.41, 5.74) is 2.80. The zero-order valence-corrected chi connectivity index (χ0v) is 14.4. The van der Waals surface area contributed by atoms with Crippen LogP contribution in [0.1, 0.15) is 71.8 Å². The number of nitrogens with zero attached hydrogens (tertiary/aromatic N) is 1. The van der Waals surface area contributed by atoms with Gasteiger partial charge in [0.15, 0.2) is 0 Å². The fourth-order valence-electron chi connectivity index (χ4n) is 2.24. The molecule has 0 radical (unpaired) electrons. The quantitative estimate of drug-likeness (QED) is 0.546. The summed E-state index contributed by atoms with van der Waals surface area (Å²) in [7, 11) is 0. The molecule has 1 aromatic carbocycles. The highest BCUT2D eigenvalue weighted by Crippen LogP contribution is 2.19. The molecule has 0 bridgehead atoms. The van der Waals surface area contributed by atoms with Crippen LogP contribution in [0.5, 0.6) is 0 Å². The normalized spacial score (nSPS) is 9.85. The van der Waals surface area contributed by atoms with Crippen LogP contribution in [0.2, 0.25) is 0 Å². The Kier molecular flexibility index (Phi) is 12.4. The average molecular weight is 277 g/mol. The average Bonchev–Trinajstić information content (AvgIpc) is 2.46. The molecule has 20 heavy (non-hydrogen) atoms. The maximum Gasteiger partial charge on any atom is 0.0395 e. The van der Waals surface area contributed by atoms with Gasteiger partial charge >= 0.3 is 0 Å². The summed E-state index contributed by atoms with van der Waals surface area (Å²) >= 11 is 0. The number of rotatable bonds is 8. The molecule has 0 saturated heterocycles. The summed E-state index contributed by atoms with van der Waals surface area (Å²) < 4.78 is 0. The first-order valence-electron chi connectivity index (χ1n) is 8.51. The molecule has 1 heteroatoms. The van der Waals surface area contributed by atoms with Crippen LogP contribution < -0.4 is 4.90 Å². The minimum absolute atomic E-state index is 1.17. The van der Waals surface area contributed by atoms with Crippen molar-refractivity contribution in [1.29, 1.82) is 0 Å². The van der Waals surface area contributed by atoms with Crippen LogP contribution in [0, 0.1) is 6.92 Å². The van der Waals surface area contributed by atoms with Gasteiger partial charge in [0, 0.05) is 18.8 Å². The lowest BCUT2D eigenvalue weighted by Gasteiger charge is -2.25. The number of benzene rings is 1. The van der Waals surface area contributed by atoms with Crippen molar-refractivity contribution in [3.63, 3.8) is 0 Å². The highest BCUT2D eigenvalue weighted by Gasteiger charge is 2.06. The third-order valence-corrected chi connectivity index (χ3v) is 3.44. The lowest BCUT2D eigenvalue weighted by atomic mass is 10.1. The van der Waals surface area contributed by atoms with Crippen molar-refractivity contribution in [3.8, 4) is 0 Å². The molecule has 0 unspecified atom stereocenters. The fourth-order valence-corrected chi connectivity index (χ4v) is 2.24. The van der Waals surface area contributed by atoms with E-state index in [1.807, 2.05) is 0 Å². The Morgan fingerprint density at radius 2 is 1.35 bits per heavy atom. The second-order valence-electron chi connectivity index (χ2n) is 5.48. The van der Waals surface area contributed by atoms with Crippen molar-refractivity contribution in [2.45, 2.75) is 73.1 Å². The second-order valence-corrected chi connectivity index (χ2v) is 5.48. The molecule has 0 aromatic heterocycles. The minimum Gasteiger partial charge on any atom is -0.371 e. The van der Waals surface area contributed by atoms with Crippen molar-refractivity contribution in [2.75, 3.05) is 18.0 Å². The smallest absolute Gasteiger partial charge is 0.0395 e. The van der Waals surface area contributed by atoms with Gasteiger partial charge in [0.2, 0.25) is 0 Å². The topological polar surface area (TPSA) is 3.24 Å². The summed E-state index contributed by atoms with van der Waals surface area (Å²) in [4.78, 5) is 2.51. The Hall–Kier alpha value is -0.980. The van der Waals surface area contributed by atoms with E-state index in [2.05, 4.69) is 63.8 Å². The van der Waals surface area contributed by atoms with Gasteiger partial charge in [0.1, 0.15) is 0 Å². The Labute approximate surface area is 127 Å². The van der Waals surface area contributed by atoms with E-state index in [1.165, 1.54) is 62.9 Å². The highest BCUT2D eigenvalue weighted by atomic mass is 15.1. The van der Waals surface area contributed by atoms with Gasteiger partial charge in [-0.15, -0.1) is 0 Å². The van der Waals surface area contributed by atoms with Gasteiger partial charge in [-0.05, 0) is 31.4 Å². The van der Waals surface area contributed by atoms with Crippen LogP contribution in [0.15, 0.2) is 24.3 Å². The summed E-state index contributed by atoms with van der Waals surface area (Å²) in [5.74, 6) is 0. The Morgan fingerprint density at radius 1 is 0.750 bits per heavy atom. The monoisotopic (exact) mass is 277 g/mol. The molecule has 0 fully saturated rings. The maximum absolute atomic E-state index is 2.51. The van der Waals surface area contributed by atoms with Gasteiger partial charge in [-0.2, -0.15) is 0 Å². The van der Waals surface area contributed by atoms with Crippen molar-refractivity contribution in [1.82, 2.24) is 0 Å². The lowest BCUT2D eigenvalue weighted by molar-refractivity contribution is 0.702. The number of anilines is 1. The van der Waals surface area contributed by atoms with Crippen LogP contribution in [-0.2, 0) is 0 Å². The third-order valence-electron chi connectivity index (χ3n) is 3.44. The van der Waals surface area contributed by atoms with Crippen molar-refractivity contribution >= 4 is 5.69 Å². The number of hydrogen-bond acceptors (Lipinski definition) is 1. The van der Waals surface area contributed by atoms with Gasteiger partial charge in [-0.1, -0.05) is 71.6 Å². The summed E-state index contributed by atoms with van der Waals surface area (Å²) in [5, 5.41) is 0. The molecule has 0 N–H and O–H groups in total. The third kappa shape index (κ3) is 8.24. The van der Waals surface area contributed by atoms with E-state index in [9.17, 15) is 0 Å². The molecule has 0 spiro atoms. The molecule has 1 aromatic rings. The molecule has 0 aliphatic rings. The van der Waals surface area contributed by atoms with Gasteiger partial charge in [-0.25, -0.2) is 0 Å². The number of aryl methyl sites for hydroxylation is 1. The van der Waals surface area contributed by atoms with Crippen LogP contribution in [-0.4, -0.2) is 13.1 Å². The summed E-state index contributed by atoms with van der Waals surface area (Å²) in [6.45, 7) is 13.5. The number of para-hydroxylation sites is 1. The molecule has 116 valence electrons. The first-order chi connectivity index (χ1) is 9.71. The standard InChI is InChI=1S/C14H23N.C5H12/c1-4-6-12-15(11-5-2)14-10-8-7-9-13(14)3;1-3-5-4-2/h7-10H,4-6,11-12H2,1-3H3;3-5H2,1-2H3. The second kappa shape index (κ2) is 13.0. The van der Waals surface area contributed by atoms with Gasteiger partial charge in [0.05, 0.1) is 0 Å². The molecule has 1 rings (SSSR count). The lowest BCUT2D eigenvalue weighted by Crippen LogP contribution is -2.25. The van der Waals surface area contributed by atoms with Crippen LogP contribution in [0.4, 0.5) is 5.69 Å². The zero-order chi connectivity index (χ0) is 15.2. The molecular weight excluding hydrogens is 242 g/mol. The van der Waals surface area contributed by atoms with E-state index in [0.717, 1.165) is 0 Å². The first-order valence-corrected chi connectivity index (χ1v) is 8.51. The Bertz CT molecular complexity index is 317. The first kappa shape index (κ1) is 19.0. The molecule has 1 nitrogen and oxygen atoms in total. The SMILES string of the molecule is CCCCC.CCCCN(CCC)c1ccccc1C. The highest BCUT2D eigenvalue weighted by molar-refractivity contribution is 5.52. The summed E-state index contributed by atoms with van der Waals surface area (Å²) in [6, 6.07) is 8.68. The van der Waals surface area contributed by atoms with Crippen LogP contribution in [0.3, 0.4) is 0 Å². The molecule has 0 aliphatic carbocycles. The van der Waals surface area contributed by atoms with E-state index in [4.69, 9.17) is 0 Å². The van der Waals surface area contributed by atoms with E-state index in [1.54, 1.807) is 0 Å². The van der Waals surface area contributed by atoms with Gasteiger partial charge in [0.25, 0.3) is 0 Å². The molecular formula is C19H35N. The van der Waals surface area contributed by atoms with Crippen molar-refractivity contribution in [2.24, 2.45) is 0 Å². The van der Waals surface area contributed by atoms with Crippen molar-refractivity contribution < 1.29 is 0 Å². The summed E-state index contributed by atoms with van der Waals surface area (Å²) in [6.07, 6.45) is 7.85. The molecule has 0 heterocycles. The predicted molar refractivity (Wildman–Crippen MR) is 93.8 cm³/mol. The van der Waals surface area contributed by atoms with Crippen LogP contribution >= 0.6 is 0 Å². The molecule has 0 aliphatic heterocycles. The molecule has 0 atom stereocenters. The van der Waals surface area contributed by atoms with Crippen molar-refractivity contribution in [3.05, 3.63) is 29.8 Å². The Morgan fingerprint density at radius 3 is 1.80 bits per heavy atom. The Balaban J connectivity index is 0.000000621. The largest absolute Gasteiger partial charge is 0.371 e. The van der Waals surface area contributed by atoms with E-state index in [0.29, 0.717) is 0 Å². The number of hydrogen-bond donors (Lipinski definition) is 0. The van der Waals surface area contributed by atoms with E-state index >= 15 is 0 Å².